The number of hydrogen-bond donors (Lipinski definition) is 2. The average Bonchev–Trinajstić information content (AvgIpc) is 2.85. The van der Waals surface area contributed by atoms with Crippen LogP contribution in [0.25, 0.3) is 0 Å². The van der Waals surface area contributed by atoms with E-state index in [2.05, 4.69) is 25.2 Å². The number of hydrogen-bond acceptors (Lipinski definition) is 2. The van der Waals surface area contributed by atoms with Gasteiger partial charge in [-0.1, -0.05) is 19.9 Å². The number of carbonyl (C=O) groups excluding carboxylic acids is 1. The van der Waals surface area contributed by atoms with Crippen LogP contribution in [0.5, 0.6) is 0 Å². The number of rotatable bonds is 1. The maximum Gasteiger partial charge on any atom is 0.243 e. The van der Waals surface area contributed by atoms with Crippen molar-refractivity contribution in [2.45, 2.75) is 71.4 Å². The highest BCUT2D eigenvalue weighted by Gasteiger charge is 2.60. The summed E-state index contributed by atoms with van der Waals surface area (Å²) >= 11 is 0. The SMILES string of the molecule is CC(O)[C@H]1CC[C@H]2[C@@H]3CC[C@H]4NC(=O)C=C[C@]4(C)[C@H]3CC[C@]12C. The summed E-state index contributed by atoms with van der Waals surface area (Å²) in [6.07, 6.45) is 11.1. The second-order valence-electron chi connectivity index (χ2n) is 9.18. The average molecular weight is 317 g/mol. The van der Waals surface area contributed by atoms with Crippen molar-refractivity contribution in [2.24, 2.45) is 34.5 Å². The fraction of sp³-hybridized carbons (Fsp3) is 0.850. The summed E-state index contributed by atoms with van der Waals surface area (Å²) in [5.74, 6) is 2.76. The first kappa shape index (κ1) is 15.7. The smallest absolute Gasteiger partial charge is 0.243 e. The summed E-state index contributed by atoms with van der Waals surface area (Å²) in [5, 5.41) is 13.5. The zero-order valence-corrected chi connectivity index (χ0v) is 14.7. The van der Waals surface area contributed by atoms with Crippen LogP contribution < -0.4 is 5.32 Å². The highest BCUT2D eigenvalue weighted by Crippen LogP contribution is 2.65. The molecule has 0 saturated heterocycles. The van der Waals surface area contributed by atoms with Crippen LogP contribution in [0.15, 0.2) is 12.2 Å². The molecule has 3 heteroatoms. The number of fused-ring (bicyclic) bond motifs is 5. The van der Waals surface area contributed by atoms with Crippen LogP contribution >= 0.6 is 0 Å². The predicted octanol–water partition coefficient (Wildman–Crippen LogP) is 3.28. The molecule has 1 heterocycles. The zero-order valence-electron chi connectivity index (χ0n) is 14.7. The van der Waals surface area contributed by atoms with Crippen LogP contribution in [-0.2, 0) is 4.79 Å². The van der Waals surface area contributed by atoms with Crippen LogP contribution in [-0.4, -0.2) is 23.2 Å². The van der Waals surface area contributed by atoms with Gasteiger partial charge in [0.2, 0.25) is 5.91 Å². The number of aliphatic hydroxyl groups is 1. The predicted molar refractivity (Wildman–Crippen MR) is 90.6 cm³/mol. The largest absolute Gasteiger partial charge is 0.393 e. The summed E-state index contributed by atoms with van der Waals surface area (Å²) in [6.45, 7) is 6.81. The molecule has 4 rings (SSSR count). The van der Waals surface area contributed by atoms with Gasteiger partial charge in [0.25, 0.3) is 0 Å². The summed E-state index contributed by atoms with van der Waals surface area (Å²) in [4.78, 5) is 11.7. The topological polar surface area (TPSA) is 49.3 Å². The van der Waals surface area contributed by atoms with Crippen LogP contribution in [0.3, 0.4) is 0 Å². The van der Waals surface area contributed by atoms with Crippen LogP contribution in [0.4, 0.5) is 0 Å². The van der Waals surface area contributed by atoms with Gasteiger partial charge in [-0.05, 0) is 80.6 Å². The lowest BCUT2D eigenvalue weighted by Gasteiger charge is -2.59. The summed E-state index contributed by atoms with van der Waals surface area (Å²) in [6, 6.07) is 0.319. The Balaban J connectivity index is 1.65. The molecule has 8 atom stereocenters. The molecule has 23 heavy (non-hydrogen) atoms. The van der Waals surface area contributed by atoms with Gasteiger partial charge in [-0.2, -0.15) is 0 Å². The van der Waals surface area contributed by atoms with E-state index in [0.29, 0.717) is 23.3 Å². The number of aliphatic hydroxyl groups excluding tert-OH is 1. The van der Waals surface area contributed by atoms with E-state index in [0.717, 1.165) is 18.3 Å². The van der Waals surface area contributed by atoms with E-state index in [-0.39, 0.29) is 17.4 Å². The Kier molecular flexibility index (Phi) is 3.46. The molecule has 3 aliphatic carbocycles. The minimum Gasteiger partial charge on any atom is -0.393 e. The third-order valence-corrected chi connectivity index (χ3v) is 8.34. The van der Waals surface area contributed by atoms with Crippen molar-refractivity contribution in [1.82, 2.24) is 5.32 Å². The van der Waals surface area contributed by atoms with Gasteiger partial charge in [0.1, 0.15) is 0 Å². The van der Waals surface area contributed by atoms with Crippen molar-refractivity contribution in [3.63, 3.8) is 0 Å². The van der Waals surface area contributed by atoms with E-state index < -0.39 is 0 Å². The monoisotopic (exact) mass is 317 g/mol. The van der Waals surface area contributed by atoms with Gasteiger partial charge in [0.05, 0.1) is 6.10 Å². The van der Waals surface area contributed by atoms with Crippen LogP contribution in [0, 0.1) is 34.5 Å². The van der Waals surface area contributed by atoms with Gasteiger partial charge in [-0.25, -0.2) is 0 Å². The van der Waals surface area contributed by atoms with Gasteiger partial charge in [-0.3, -0.25) is 4.79 Å². The van der Waals surface area contributed by atoms with Crippen LogP contribution in [0.1, 0.15) is 59.3 Å². The van der Waals surface area contributed by atoms with E-state index in [1.807, 2.05) is 6.92 Å². The minimum atomic E-state index is -0.178. The molecule has 3 fully saturated rings. The minimum absolute atomic E-state index is 0.0848. The third kappa shape index (κ3) is 2.08. The molecular formula is C20H31NO2. The Morgan fingerprint density at radius 2 is 1.96 bits per heavy atom. The Labute approximate surface area is 139 Å². The van der Waals surface area contributed by atoms with Gasteiger partial charge in [0, 0.05) is 11.5 Å². The van der Waals surface area contributed by atoms with Crippen molar-refractivity contribution in [2.75, 3.05) is 0 Å². The third-order valence-electron chi connectivity index (χ3n) is 8.34. The molecule has 4 aliphatic rings. The molecule has 2 N–H and O–H groups in total. The summed E-state index contributed by atoms with van der Waals surface area (Å²) in [5.41, 5.74) is 0.446. The molecule has 0 aromatic carbocycles. The Morgan fingerprint density at radius 1 is 1.17 bits per heavy atom. The Morgan fingerprint density at radius 3 is 2.70 bits per heavy atom. The van der Waals surface area contributed by atoms with E-state index in [1.54, 1.807) is 6.08 Å². The maximum absolute atomic E-state index is 11.7. The van der Waals surface area contributed by atoms with Crippen molar-refractivity contribution >= 4 is 5.91 Å². The summed E-state index contributed by atoms with van der Waals surface area (Å²) < 4.78 is 0. The number of carbonyl (C=O) groups is 1. The van der Waals surface area contributed by atoms with Crippen molar-refractivity contribution < 1.29 is 9.90 Å². The molecule has 3 saturated carbocycles. The first-order valence-electron chi connectivity index (χ1n) is 9.54. The van der Waals surface area contributed by atoms with Crippen molar-refractivity contribution in [3.05, 3.63) is 12.2 Å². The highest BCUT2D eigenvalue weighted by atomic mass is 16.3. The molecule has 1 aliphatic heterocycles. The van der Waals surface area contributed by atoms with Gasteiger partial charge in [-0.15, -0.1) is 0 Å². The Hall–Kier alpha value is -0.830. The fourth-order valence-corrected chi connectivity index (χ4v) is 7.17. The number of nitrogens with one attached hydrogen (secondary N) is 1. The maximum atomic E-state index is 11.7. The normalized spacial score (nSPS) is 53.0. The standard InChI is InChI=1S/C20H31NO2/c1-12(22)14-5-6-15-13-4-7-17-20(3,11-9-18(23)21-17)16(13)8-10-19(14,15)2/h9,11-17,22H,4-8,10H2,1-3H3,(H,21,23)/t12?,13-,14+,15-,16-,17+,19+,20+/m0/s1. The molecule has 0 radical (unpaired) electrons. The van der Waals surface area contributed by atoms with Crippen LogP contribution in [0.2, 0.25) is 0 Å². The molecule has 3 nitrogen and oxygen atoms in total. The molecule has 128 valence electrons. The van der Waals surface area contributed by atoms with Gasteiger partial charge < -0.3 is 10.4 Å². The second kappa shape index (κ2) is 5.08. The molecule has 0 bridgehead atoms. The van der Waals surface area contributed by atoms with Crippen molar-refractivity contribution in [1.29, 1.82) is 0 Å². The lowest BCUT2D eigenvalue weighted by atomic mass is 9.47. The molecule has 0 aromatic heterocycles. The number of amides is 1. The molecule has 0 spiro atoms. The highest BCUT2D eigenvalue weighted by molar-refractivity contribution is 5.89. The molecule has 1 unspecified atom stereocenters. The second-order valence-corrected chi connectivity index (χ2v) is 9.18. The lowest BCUT2D eigenvalue weighted by molar-refractivity contribution is -0.123. The molecule has 0 aromatic rings. The molecule has 1 amide bonds. The van der Waals surface area contributed by atoms with E-state index in [4.69, 9.17) is 0 Å². The lowest BCUT2D eigenvalue weighted by Crippen LogP contribution is -2.59. The quantitative estimate of drug-likeness (QED) is 0.780. The van der Waals surface area contributed by atoms with Crippen molar-refractivity contribution in [3.8, 4) is 0 Å². The van der Waals surface area contributed by atoms with Gasteiger partial charge in [0.15, 0.2) is 0 Å². The Bertz CT molecular complexity index is 542. The van der Waals surface area contributed by atoms with E-state index in [9.17, 15) is 9.90 Å². The fourth-order valence-electron chi connectivity index (χ4n) is 7.17. The summed E-state index contributed by atoms with van der Waals surface area (Å²) in [7, 11) is 0. The zero-order chi connectivity index (χ0) is 16.4. The first-order valence-corrected chi connectivity index (χ1v) is 9.54. The van der Waals surface area contributed by atoms with E-state index >= 15 is 0 Å². The molecular weight excluding hydrogens is 286 g/mol. The first-order chi connectivity index (χ1) is 10.9. The van der Waals surface area contributed by atoms with Gasteiger partial charge >= 0.3 is 0 Å². The van der Waals surface area contributed by atoms with E-state index in [1.165, 1.54) is 32.1 Å².